The number of aromatic nitrogens is 1. The minimum Gasteiger partial charge on any atom is -0.439 e. The van der Waals surface area contributed by atoms with Crippen LogP contribution in [0.25, 0.3) is 11.1 Å². The molecule has 0 bridgehead atoms. The second-order valence-electron chi connectivity index (χ2n) is 6.23. The lowest BCUT2D eigenvalue weighted by Gasteiger charge is -2.25. The van der Waals surface area contributed by atoms with Crippen LogP contribution in [0.3, 0.4) is 0 Å². The van der Waals surface area contributed by atoms with Gasteiger partial charge in [0.2, 0.25) is 5.89 Å². The van der Waals surface area contributed by atoms with Crippen molar-refractivity contribution >= 4 is 40.2 Å². The Bertz CT molecular complexity index is 934. The van der Waals surface area contributed by atoms with E-state index in [9.17, 15) is 4.79 Å². The smallest absolute Gasteiger partial charge is 0.256 e. The van der Waals surface area contributed by atoms with Gasteiger partial charge in [-0.25, -0.2) is 4.98 Å². The summed E-state index contributed by atoms with van der Waals surface area (Å²) in [4.78, 5) is 19.1. The highest BCUT2D eigenvalue weighted by Crippen LogP contribution is 2.25. The number of benzene rings is 2. The molecule has 0 aliphatic heterocycles. The van der Waals surface area contributed by atoms with Crippen LogP contribution >= 0.6 is 23.2 Å². The molecule has 0 aliphatic carbocycles. The summed E-state index contributed by atoms with van der Waals surface area (Å²) in [5, 5.41) is 0.823. The van der Waals surface area contributed by atoms with Crippen molar-refractivity contribution in [3.63, 3.8) is 0 Å². The predicted molar refractivity (Wildman–Crippen MR) is 100 cm³/mol. The van der Waals surface area contributed by atoms with Crippen LogP contribution < -0.4 is 0 Å². The summed E-state index contributed by atoms with van der Waals surface area (Å²) in [6.07, 6.45) is 0. The van der Waals surface area contributed by atoms with Crippen molar-refractivity contribution in [2.45, 2.75) is 33.4 Å². The zero-order valence-electron chi connectivity index (χ0n) is 14.2. The van der Waals surface area contributed by atoms with Crippen LogP contribution in [-0.2, 0) is 6.54 Å². The third-order valence-corrected chi connectivity index (χ3v) is 4.49. The Hall–Kier alpha value is -2.04. The fourth-order valence-corrected chi connectivity index (χ4v) is 3.09. The summed E-state index contributed by atoms with van der Waals surface area (Å²) >= 11 is 12.1. The minimum absolute atomic E-state index is 0.0454. The number of oxazole rings is 1. The molecule has 0 saturated heterocycles. The molecule has 0 spiro atoms. The summed E-state index contributed by atoms with van der Waals surface area (Å²) in [7, 11) is 0. The third kappa shape index (κ3) is 3.80. The third-order valence-electron chi connectivity index (χ3n) is 3.94. The van der Waals surface area contributed by atoms with E-state index in [-0.39, 0.29) is 18.5 Å². The van der Waals surface area contributed by atoms with Crippen LogP contribution in [0.2, 0.25) is 10.0 Å². The lowest BCUT2D eigenvalue weighted by molar-refractivity contribution is 0.0673. The number of nitrogens with zero attached hydrogens (tertiary/aromatic N) is 2. The van der Waals surface area contributed by atoms with Crippen LogP contribution in [0.4, 0.5) is 0 Å². The highest BCUT2D eigenvalue weighted by Gasteiger charge is 2.23. The van der Waals surface area contributed by atoms with E-state index in [1.165, 1.54) is 0 Å². The number of carbonyl (C=O) groups is 1. The summed E-state index contributed by atoms with van der Waals surface area (Å²) < 4.78 is 5.78. The first-order chi connectivity index (χ1) is 11.8. The molecule has 2 aromatic carbocycles. The van der Waals surface area contributed by atoms with E-state index in [4.69, 9.17) is 27.6 Å². The highest BCUT2D eigenvalue weighted by atomic mass is 35.5. The molecule has 0 aliphatic rings. The van der Waals surface area contributed by atoms with Gasteiger partial charge in [0.25, 0.3) is 5.91 Å². The number of amides is 1. The fraction of sp³-hybridized carbons (Fsp3) is 0.263. The maximum atomic E-state index is 12.9. The van der Waals surface area contributed by atoms with Crippen LogP contribution in [0, 0.1) is 6.92 Å². The van der Waals surface area contributed by atoms with Crippen molar-refractivity contribution < 1.29 is 9.21 Å². The molecule has 0 unspecified atom stereocenters. The molecule has 0 saturated carbocycles. The number of halogens is 2. The Labute approximate surface area is 156 Å². The monoisotopic (exact) mass is 376 g/mol. The number of rotatable bonds is 4. The highest BCUT2D eigenvalue weighted by molar-refractivity contribution is 6.36. The van der Waals surface area contributed by atoms with Gasteiger partial charge in [0.1, 0.15) is 5.52 Å². The average Bonchev–Trinajstić information content (AvgIpc) is 2.93. The maximum Gasteiger partial charge on any atom is 0.256 e. The van der Waals surface area contributed by atoms with Gasteiger partial charge in [-0.3, -0.25) is 4.79 Å². The van der Waals surface area contributed by atoms with E-state index in [2.05, 4.69) is 4.98 Å². The molecule has 4 nitrogen and oxygen atoms in total. The number of hydrogen-bond donors (Lipinski definition) is 0. The average molecular weight is 377 g/mol. The lowest BCUT2D eigenvalue weighted by atomic mass is 10.1. The standard InChI is InChI=1S/C19H18Cl2N2O2/c1-11(2)23(19(24)14-6-5-13(20)9-15(14)21)10-18-22-16-8-12(3)4-7-17(16)25-18/h4-9,11H,10H2,1-3H3. The van der Waals surface area contributed by atoms with E-state index >= 15 is 0 Å². The Morgan fingerprint density at radius 2 is 1.96 bits per heavy atom. The summed E-state index contributed by atoms with van der Waals surface area (Å²) in [5.41, 5.74) is 3.01. The van der Waals surface area contributed by atoms with E-state index in [0.717, 1.165) is 11.1 Å². The van der Waals surface area contributed by atoms with Gasteiger partial charge >= 0.3 is 0 Å². The van der Waals surface area contributed by atoms with Gasteiger partial charge < -0.3 is 9.32 Å². The molecule has 0 radical (unpaired) electrons. The van der Waals surface area contributed by atoms with E-state index in [1.54, 1.807) is 23.1 Å². The Morgan fingerprint density at radius 1 is 1.20 bits per heavy atom. The second kappa shape index (κ2) is 7.06. The van der Waals surface area contributed by atoms with Gasteiger partial charge in [0, 0.05) is 11.1 Å². The number of carbonyl (C=O) groups excluding carboxylic acids is 1. The molecule has 0 fully saturated rings. The van der Waals surface area contributed by atoms with E-state index in [0.29, 0.717) is 27.1 Å². The first-order valence-electron chi connectivity index (χ1n) is 7.97. The first kappa shape index (κ1) is 17.8. The van der Waals surface area contributed by atoms with Crippen LogP contribution in [-0.4, -0.2) is 21.8 Å². The molecule has 1 aromatic heterocycles. The normalized spacial score (nSPS) is 11.3. The Kier molecular flexibility index (Phi) is 5.02. The predicted octanol–water partition coefficient (Wildman–Crippen LogP) is 5.49. The van der Waals surface area contributed by atoms with Gasteiger partial charge in [0.15, 0.2) is 5.58 Å². The van der Waals surface area contributed by atoms with Crippen molar-refractivity contribution in [1.29, 1.82) is 0 Å². The Balaban J connectivity index is 1.91. The SMILES string of the molecule is Cc1ccc2oc(CN(C(=O)c3ccc(Cl)cc3Cl)C(C)C)nc2c1. The number of aryl methyl sites for hydroxylation is 1. The molecule has 3 rings (SSSR count). The number of fused-ring (bicyclic) bond motifs is 1. The lowest BCUT2D eigenvalue weighted by Crippen LogP contribution is -2.36. The molecule has 25 heavy (non-hydrogen) atoms. The molecule has 1 heterocycles. The van der Waals surface area contributed by atoms with Crippen molar-refractivity contribution in [2.24, 2.45) is 0 Å². The molecule has 0 atom stereocenters. The number of hydrogen-bond acceptors (Lipinski definition) is 3. The van der Waals surface area contributed by atoms with Crippen molar-refractivity contribution in [3.05, 3.63) is 63.5 Å². The van der Waals surface area contributed by atoms with Crippen molar-refractivity contribution in [2.75, 3.05) is 0 Å². The summed E-state index contributed by atoms with van der Waals surface area (Å²) in [5.74, 6) is 0.308. The Morgan fingerprint density at radius 3 is 2.64 bits per heavy atom. The van der Waals surface area contributed by atoms with Crippen LogP contribution in [0.1, 0.15) is 35.7 Å². The van der Waals surface area contributed by atoms with Gasteiger partial charge in [-0.1, -0.05) is 29.3 Å². The topological polar surface area (TPSA) is 46.3 Å². The molecule has 0 N–H and O–H groups in total. The van der Waals surface area contributed by atoms with Crippen LogP contribution in [0.5, 0.6) is 0 Å². The second-order valence-corrected chi connectivity index (χ2v) is 7.07. The van der Waals surface area contributed by atoms with Gasteiger partial charge in [-0.15, -0.1) is 0 Å². The minimum atomic E-state index is -0.185. The van der Waals surface area contributed by atoms with Crippen molar-refractivity contribution in [1.82, 2.24) is 9.88 Å². The van der Waals surface area contributed by atoms with Crippen molar-refractivity contribution in [3.8, 4) is 0 Å². The maximum absolute atomic E-state index is 12.9. The zero-order chi connectivity index (χ0) is 18.1. The zero-order valence-corrected chi connectivity index (χ0v) is 15.7. The first-order valence-corrected chi connectivity index (χ1v) is 8.73. The summed E-state index contributed by atoms with van der Waals surface area (Å²) in [6, 6.07) is 10.6. The van der Waals surface area contributed by atoms with Gasteiger partial charge in [-0.2, -0.15) is 0 Å². The van der Waals surface area contributed by atoms with E-state index < -0.39 is 0 Å². The summed E-state index contributed by atoms with van der Waals surface area (Å²) in [6.45, 7) is 6.15. The van der Waals surface area contributed by atoms with E-state index in [1.807, 2.05) is 39.0 Å². The molecular formula is C19H18Cl2N2O2. The largest absolute Gasteiger partial charge is 0.439 e. The molecular weight excluding hydrogens is 359 g/mol. The van der Waals surface area contributed by atoms with Crippen LogP contribution in [0.15, 0.2) is 40.8 Å². The molecule has 1 amide bonds. The molecule has 6 heteroatoms. The van der Waals surface area contributed by atoms with Gasteiger partial charge in [0.05, 0.1) is 17.1 Å². The molecule has 3 aromatic rings. The quantitative estimate of drug-likeness (QED) is 0.604. The fourth-order valence-electron chi connectivity index (χ4n) is 2.61. The molecule has 130 valence electrons. The van der Waals surface area contributed by atoms with Gasteiger partial charge in [-0.05, 0) is 56.7 Å².